The number of likely N-dealkylation sites (tertiary alicyclic amines) is 1. The molecule has 1 atom stereocenters. The number of rotatable bonds is 4. The van der Waals surface area contributed by atoms with E-state index in [1.54, 1.807) is 0 Å². The zero-order valence-electron chi connectivity index (χ0n) is 10.6. The molecule has 0 aliphatic carbocycles. The van der Waals surface area contributed by atoms with E-state index in [1.165, 1.54) is 0 Å². The van der Waals surface area contributed by atoms with Crippen molar-refractivity contribution in [3.05, 3.63) is 30.3 Å². The Bertz CT molecular complexity index is 378. The van der Waals surface area contributed by atoms with Gasteiger partial charge in [-0.1, -0.05) is 18.2 Å². The molecule has 1 aliphatic heterocycles. The Balaban J connectivity index is 1.88. The number of para-hydroxylation sites is 1. The summed E-state index contributed by atoms with van der Waals surface area (Å²) in [6.07, 6.45) is 2.05. The maximum absolute atomic E-state index is 12.1. The van der Waals surface area contributed by atoms with Crippen LogP contribution in [-0.2, 0) is 4.79 Å². The summed E-state index contributed by atoms with van der Waals surface area (Å²) in [6.45, 7) is 3.43. The lowest BCUT2D eigenvalue weighted by atomic mass is 9.97. The molecule has 0 spiro atoms. The lowest BCUT2D eigenvalue weighted by Gasteiger charge is -2.31. The van der Waals surface area contributed by atoms with Crippen LogP contribution in [0, 0.1) is 5.92 Å². The Labute approximate surface area is 108 Å². The van der Waals surface area contributed by atoms with Gasteiger partial charge in [0.05, 0.1) is 5.92 Å². The average molecular weight is 247 g/mol. The second-order valence-electron chi connectivity index (χ2n) is 4.78. The van der Waals surface area contributed by atoms with Gasteiger partial charge in [0.2, 0.25) is 5.91 Å². The zero-order chi connectivity index (χ0) is 12.8. The third-order valence-electron chi connectivity index (χ3n) is 3.36. The van der Waals surface area contributed by atoms with Gasteiger partial charge in [0.1, 0.15) is 0 Å². The van der Waals surface area contributed by atoms with E-state index in [2.05, 4.69) is 10.2 Å². The summed E-state index contributed by atoms with van der Waals surface area (Å²) in [7, 11) is 0. The zero-order valence-corrected chi connectivity index (χ0v) is 10.6. The minimum Gasteiger partial charge on any atom is -0.329 e. The highest BCUT2D eigenvalue weighted by atomic mass is 16.1. The molecule has 1 heterocycles. The summed E-state index contributed by atoms with van der Waals surface area (Å²) in [5.74, 6) is 0.216. The molecule has 2 rings (SSSR count). The van der Waals surface area contributed by atoms with E-state index in [1.807, 2.05) is 30.3 Å². The molecule has 18 heavy (non-hydrogen) atoms. The van der Waals surface area contributed by atoms with Crippen molar-refractivity contribution in [2.75, 3.05) is 31.5 Å². The van der Waals surface area contributed by atoms with Gasteiger partial charge in [-0.2, -0.15) is 0 Å². The molecule has 4 heteroatoms. The number of piperidine rings is 1. The van der Waals surface area contributed by atoms with Crippen molar-refractivity contribution in [2.24, 2.45) is 11.7 Å². The summed E-state index contributed by atoms with van der Waals surface area (Å²) < 4.78 is 0. The number of nitrogens with two attached hydrogens (primary N) is 1. The number of hydrogen-bond acceptors (Lipinski definition) is 3. The van der Waals surface area contributed by atoms with Crippen molar-refractivity contribution in [3.8, 4) is 0 Å². The van der Waals surface area contributed by atoms with Crippen molar-refractivity contribution >= 4 is 11.6 Å². The smallest absolute Gasteiger partial charge is 0.228 e. The first kappa shape index (κ1) is 13.1. The standard InChI is InChI=1S/C14H21N3O/c15-8-10-17-9-4-5-12(11-17)14(18)16-13-6-2-1-3-7-13/h1-3,6-7,12H,4-5,8-11,15H2,(H,16,18). The first-order chi connectivity index (χ1) is 8.79. The van der Waals surface area contributed by atoms with Crippen LogP contribution in [0.4, 0.5) is 5.69 Å². The largest absolute Gasteiger partial charge is 0.329 e. The minimum atomic E-state index is 0.0884. The quantitative estimate of drug-likeness (QED) is 0.843. The third kappa shape index (κ3) is 3.55. The van der Waals surface area contributed by atoms with Crippen molar-refractivity contribution in [2.45, 2.75) is 12.8 Å². The second kappa shape index (κ2) is 6.52. The van der Waals surface area contributed by atoms with Gasteiger partial charge in [-0.25, -0.2) is 0 Å². The number of carbonyl (C=O) groups excluding carboxylic acids is 1. The summed E-state index contributed by atoms with van der Waals surface area (Å²) in [4.78, 5) is 14.4. The SMILES string of the molecule is NCCN1CCCC(C(=O)Nc2ccccc2)C1. The van der Waals surface area contributed by atoms with Crippen LogP contribution in [0.5, 0.6) is 0 Å². The highest BCUT2D eigenvalue weighted by Gasteiger charge is 2.25. The summed E-state index contributed by atoms with van der Waals surface area (Å²) >= 11 is 0. The molecule has 98 valence electrons. The number of nitrogens with one attached hydrogen (secondary N) is 1. The predicted octanol–water partition coefficient (Wildman–Crippen LogP) is 1.30. The predicted molar refractivity (Wildman–Crippen MR) is 73.3 cm³/mol. The molecule has 1 fully saturated rings. The van der Waals surface area contributed by atoms with Crippen LogP contribution in [0.25, 0.3) is 0 Å². The molecule has 1 amide bonds. The van der Waals surface area contributed by atoms with Crippen LogP contribution in [0.2, 0.25) is 0 Å². The van der Waals surface area contributed by atoms with E-state index in [-0.39, 0.29) is 11.8 Å². The van der Waals surface area contributed by atoms with Crippen LogP contribution in [0.3, 0.4) is 0 Å². The normalized spacial score (nSPS) is 20.6. The number of benzene rings is 1. The van der Waals surface area contributed by atoms with E-state index in [0.717, 1.165) is 38.2 Å². The van der Waals surface area contributed by atoms with Crippen molar-refractivity contribution < 1.29 is 4.79 Å². The average Bonchev–Trinajstić information content (AvgIpc) is 2.40. The maximum atomic E-state index is 12.1. The fraction of sp³-hybridized carbons (Fsp3) is 0.500. The molecule has 1 aromatic carbocycles. The van der Waals surface area contributed by atoms with Gasteiger partial charge in [0.15, 0.2) is 0 Å². The Morgan fingerprint density at radius 3 is 2.89 bits per heavy atom. The molecule has 1 unspecified atom stereocenters. The topological polar surface area (TPSA) is 58.4 Å². The second-order valence-corrected chi connectivity index (χ2v) is 4.78. The molecule has 1 aromatic rings. The first-order valence-corrected chi connectivity index (χ1v) is 6.58. The molecule has 0 saturated carbocycles. The Morgan fingerprint density at radius 2 is 2.17 bits per heavy atom. The first-order valence-electron chi connectivity index (χ1n) is 6.58. The lowest BCUT2D eigenvalue weighted by Crippen LogP contribution is -2.42. The van der Waals surface area contributed by atoms with Crippen LogP contribution in [-0.4, -0.2) is 37.0 Å². The van der Waals surface area contributed by atoms with Gasteiger partial charge in [-0.3, -0.25) is 4.79 Å². The van der Waals surface area contributed by atoms with Crippen LogP contribution in [0.15, 0.2) is 30.3 Å². The van der Waals surface area contributed by atoms with E-state index in [0.29, 0.717) is 6.54 Å². The molecule has 0 aromatic heterocycles. The lowest BCUT2D eigenvalue weighted by molar-refractivity contribution is -0.121. The van der Waals surface area contributed by atoms with Crippen LogP contribution < -0.4 is 11.1 Å². The molecular weight excluding hydrogens is 226 g/mol. The maximum Gasteiger partial charge on any atom is 0.228 e. The van der Waals surface area contributed by atoms with E-state index < -0.39 is 0 Å². The van der Waals surface area contributed by atoms with Gasteiger partial charge >= 0.3 is 0 Å². The highest BCUT2D eigenvalue weighted by molar-refractivity contribution is 5.92. The number of hydrogen-bond donors (Lipinski definition) is 2. The number of anilines is 1. The highest BCUT2D eigenvalue weighted by Crippen LogP contribution is 2.18. The number of carbonyl (C=O) groups is 1. The molecule has 1 aliphatic rings. The summed E-state index contributed by atoms with van der Waals surface area (Å²) in [5.41, 5.74) is 6.44. The summed E-state index contributed by atoms with van der Waals surface area (Å²) in [6, 6.07) is 9.63. The molecule has 4 nitrogen and oxygen atoms in total. The Hall–Kier alpha value is -1.39. The Kier molecular flexibility index (Phi) is 4.73. The van der Waals surface area contributed by atoms with E-state index in [9.17, 15) is 4.79 Å². The van der Waals surface area contributed by atoms with Crippen molar-refractivity contribution in [3.63, 3.8) is 0 Å². The summed E-state index contributed by atoms with van der Waals surface area (Å²) in [5, 5.41) is 2.98. The fourth-order valence-corrected chi connectivity index (χ4v) is 2.42. The minimum absolute atomic E-state index is 0.0884. The van der Waals surface area contributed by atoms with Crippen molar-refractivity contribution in [1.29, 1.82) is 0 Å². The molecule has 3 N–H and O–H groups in total. The van der Waals surface area contributed by atoms with Gasteiger partial charge < -0.3 is 16.0 Å². The molecule has 0 radical (unpaired) electrons. The molecule has 1 saturated heterocycles. The van der Waals surface area contributed by atoms with Crippen LogP contribution >= 0.6 is 0 Å². The van der Waals surface area contributed by atoms with Gasteiger partial charge in [0.25, 0.3) is 0 Å². The number of amides is 1. The van der Waals surface area contributed by atoms with Crippen LogP contribution in [0.1, 0.15) is 12.8 Å². The monoisotopic (exact) mass is 247 g/mol. The van der Waals surface area contributed by atoms with Crippen molar-refractivity contribution in [1.82, 2.24) is 4.90 Å². The number of nitrogens with zero attached hydrogens (tertiary/aromatic N) is 1. The van der Waals surface area contributed by atoms with E-state index in [4.69, 9.17) is 5.73 Å². The fourth-order valence-electron chi connectivity index (χ4n) is 2.42. The molecular formula is C14H21N3O. The van der Waals surface area contributed by atoms with Gasteiger partial charge in [0, 0.05) is 25.3 Å². The van der Waals surface area contributed by atoms with Gasteiger partial charge in [-0.15, -0.1) is 0 Å². The molecule has 0 bridgehead atoms. The van der Waals surface area contributed by atoms with Gasteiger partial charge in [-0.05, 0) is 31.5 Å². The Morgan fingerprint density at radius 1 is 1.39 bits per heavy atom. The third-order valence-corrected chi connectivity index (χ3v) is 3.36. The van der Waals surface area contributed by atoms with E-state index >= 15 is 0 Å².